The molecule has 1 aliphatic carbocycles. The molecule has 0 saturated heterocycles. The van der Waals surface area contributed by atoms with E-state index in [-0.39, 0.29) is 11.5 Å². The Bertz CT molecular complexity index is 990. The van der Waals surface area contributed by atoms with Crippen LogP contribution in [0.1, 0.15) is 55.1 Å². The zero-order valence-corrected chi connectivity index (χ0v) is 19.3. The summed E-state index contributed by atoms with van der Waals surface area (Å²) in [5, 5.41) is 17.4. The fourth-order valence-electron chi connectivity index (χ4n) is 3.10. The molecule has 0 spiro atoms. The summed E-state index contributed by atoms with van der Waals surface area (Å²) in [5.41, 5.74) is 4.65. The number of hydrogen-bond acceptors (Lipinski definition) is 6. The average molecular weight is 436 g/mol. The lowest BCUT2D eigenvalue weighted by atomic mass is 9.98. The monoisotopic (exact) mass is 435 g/mol. The number of aromatic nitrogens is 1. The second-order valence-corrected chi connectivity index (χ2v) is 9.02. The normalized spacial score (nSPS) is 14.1. The molecule has 1 fully saturated rings. The van der Waals surface area contributed by atoms with Crippen LogP contribution in [-0.2, 0) is 4.74 Å². The molecule has 2 aromatic rings. The molecule has 170 valence electrons. The van der Waals surface area contributed by atoms with Gasteiger partial charge in [-0.15, -0.1) is 0 Å². The molecule has 1 amide bonds. The zero-order valence-electron chi connectivity index (χ0n) is 19.3. The molecule has 0 unspecified atom stereocenters. The highest BCUT2D eigenvalue weighted by Gasteiger charge is 2.24. The molecular formula is C25H33N5O2. The number of carbonyl (C=O) groups excluding carboxylic acids is 1. The minimum Gasteiger partial charge on any atom is -0.381 e. The Labute approximate surface area is 190 Å². The van der Waals surface area contributed by atoms with Crippen LogP contribution in [0, 0.1) is 12.3 Å². The molecule has 0 aliphatic heterocycles. The second-order valence-electron chi connectivity index (χ2n) is 9.02. The first kappa shape index (κ1) is 23.5. The molecule has 0 atom stereocenters. The van der Waals surface area contributed by atoms with Crippen LogP contribution < -0.4 is 16.0 Å². The molecule has 0 radical (unpaired) electrons. The fraction of sp³-hybridized carbons (Fsp3) is 0.400. The van der Waals surface area contributed by atoms with Gasteiger partial charge in [0.25, 0.3) is 5.91 Å². The highest BCUT2D eigenvalue weighted by atomic mass is 16.5. The average Bonchev–Trinajstić information content (AvgIpc) is 3.56. The summed E-state index contributed by atoms with van der Waals surface area (Å²) in [5.74, 6) is -0.0653. The van der Waals surface area contributed by atoms with Crippen molar-refractivity contribution < 1.29 is 9.53 Å². The van der Waals surface area contributed by atoms with Gasteiger partial charge in [-0.25, -0.2) is 0 Å². The van der Waals surface area contributed by atoms with E-state index in [0.29, 0.717) is 30.3 Å². The Morgan fingerprint density at radius 3 is 2.66 bits per heavy atom. The van der Waals surface area contributed by atoms with Crippen molar-refractivity contribution in [2.75, 3.05) is 23.8 Å². The number of hydrogen-bond donors (Lipinski definition) is 4. The Morgan fingerprint density at radius 1 is 1.22 bits per heavy atom. The van der Waals surface area contributed by atoms with Gasteiger partial charge in [0.15, 0.2) is 0 Å². The van der Waals surface area contributed by atoms with Crippen molar-refractivity contribution in [2.45, 2.75) is 52.2 Å². The van der Waals surface area contributed by atoms with Crippen LogP contribution in [0.2, 0.25) is 0 Å². The van der Waals surface area contributed by atoms with Crippen molar-refractivity contribution in [3.63, 3.8) is 0 Å². The van der Waals surface area contributed by atoms with Gasteiger partial charge in [0.2, 0.25) is 0 Å². The van der Waals surface area contributed by atoms with E-state index in [1.54, 1.807) is 18.6 Å². The van der Waals surface area contributed by atoms with Crippen LogP contribution in [0.4, 0.5) is 11.4 Å². The minimum absolute atomic E-state index is 0.0653. The number of nitrogens with one attached hydrogen (secondary N) is 4. The first-order valence-corrected chi connectivity index (χ1v) is 11.0. The zero-order chi connectivity index (χ0) is 23.1. The minimum atomic E-state index is -0.161. The van der Waals surface area contributed by atoms with Gasteiger partial charge >= 0.3 is 0 Å². The number of carbonyl (C=O) groups is 1. The maximum atomic E-state index is 12.4. The summed E-state index contributed by atoms with van der Waals surface area (Å²) in [6.07, 6.45) is 8.63. The van der Waals surface area contributed by atoms with Gasteiger partial charge in [0, 0.05) is 36.1 Å². The number of benzene rings is 1. The number of anilines is 2. The molecule has 4 N–H and O–H groups in total. The van der Waals surface area contributed by atoms with E-state index in [1.165, 1.54) is 6.21 Å². The highest BCUT2D eigenvalue weighted by molar-refractivity contribution is 6.10. The van der Waals surface area contributed by atoms with Gasteiger partial charge in [0.1, 0.15) is 0 Å². The third-order valence-electron chi connectivity index (χ3n) is 4.98. The fourth-order valence-corrected chi connectivity index (χ4v) is 3.10. The van der Waals surface area contributed by atoms with Crippen molar-refractivity contribution in [1.29, 1.82) is 5.41 Å². The smallest absolute Gasteiger partial charge is 0.251 e. The third-order valence-corrected chi connectivity index (χ3v) is 4.98. The summed E-state index contributed by atoms with van der Waals surface area (Å²) in [7, 11) is 0. The Morgan fingerprint density at radius 2 is 1.97 bits per heavy atom. The van der Waals surface area contributed by atoms with E-state index in [2.05, 4.69) is 20.9 Å². The highest BCUT2D eigenvalue weighted by Crippen LogP contribution is 2.23. The maximum Gasteiger partial charge on any atom is 0.251 e. The number of rotatable bonds is 10. The molecule has 1 saturated carbocycles. The second kappa shape index (κ2) is 10.4. The van der Waals surface area contributed by atoms with Crippen molar-refractivity contribution in [3.8, 4) is 0 Å². The topological polar surface area (TPSA) is 99.1 Å². The molecule has 32 heavy (non-hydrogen) atoms. The summed E-state index contributed by atoms with van der Waals surface area (Å²) >= 11 is 0. The number of amides is 1. The quantitative estimate of drug-likeness (QED) is 0.323. The lowest BCUT2D eigenvalue weighted by Gasteiger charge is -2.19. The van der Waals surface area contributed by atoms with Crippen LogP contribution >= 0.6 is 0 Å². The SMILES string of the molecule is Cc1ccc(C(=O)NC2CC2)cc1/C(C=N)=C/Nc1cncc(NCCOC(C)(C)C)c1. The van der Waals surface area contributed by atoms with Crippen LogP contribution in [0.15, 0.2) is 42.9 Å². The molecule has 7 nitrogen and oxygen atoms in total. The summed E-state index contributed by atoms with van der Waals surface area (Å²) in [6.45, 7) is 9.35. The number of nitrogens with zero attached hydrogens (tertiary/aromatic N) is 1. The van der Waals surface area contributed by atoms with Crippen LogP contribution in [0.3, 0.4) is 0 Å². The first-order valence-electron chi connectivity index (χ1n) is 11.0. The van der Waals surface area contributed by atoms with E-state index in [9.17, 15) is 4.79 Å². The van der Waals surface area contributed by atoms with E-state index < -0.39 is 0 Å². The van der Waals surface area contributed by atoms with Gasteiger partial charge in [-0.1, -0.05) is 6.07 Å². The van der Waals surface area contributed by atoms with Crippen molar-refractivity contribution >= 4 is 29.1 Å². The van der Waals surface area contributed by atoms with E-state index >= 15 is 0 Å². The Hall–Kier alpha value is -3.19. The van der Waals surface area contributed by atoms with Gasteiger partial charge in [-0.2, -0.15) is 0 Å². The molecule has 1 aromatic heterocycles. The number of pyridine rings is 1. The van der Waals surface area contributed by atoms with Gasteiger partial charge in [-0.05, 0) is 69.9 Å². The molecule has 0 bridgehead atoms. The lowest BCUT2D eigenvalue weighted by molar-refractivity contribution is 0.00333. The predicted molar refractivity (Wildman–Crippen MR) is 130 cm³/mol. The summed E-state index contributed by atoms with van der Waals surface area (Å²) in [6, 6.07) is 7.85. The molecule has 1 aliphatic rings. The van der Waals surface area contributed by atoms with Crippen molar-refractivity contribution in [3.05, 3.63) is 59.5 Å². The molecular weight excluding hydrogens is 402 g/mol. The van der Waals surface area contributed by atoms with Crippen molar-refractivity contribution in [1.82, 2.24) is 10.3 Å². The Balaban J connectivity index is 1.67. The van der Waals surface area contributed by atoms with E-state index in [1.807, 2.05) is 52.0 Å². The first-order chi connectivity index (χ1) is 15.2. The molecule has 7 heteroatoms. The number of allylic oxidation sites excluding steroid dienone is 1. The van der Waals surface area contributed by atoms with Crippen LogP contribution in [0.5, 0.6) is 0 Å². The number of aryl methyl sites for hydroxylation is 1. The standard InChI is InChI=1S/C25H33N5O2/c1-17-5-6-18(24(31)30-20-7-8-20)11-23(17)19(13-26)14-29-22-12-21(15-27-16-22)28-9-10-32-25(2,3)4/h5-6,11-16,20,26,28-29H,7-10H2,1-4H3,(H,30,31)/b19-14+,26-13?. The van der Waals surface area contributed by atoms with E-state index in [0.717, 1.165) is 35.3 Å². The maximum absolute atomic E-state index is 12.4. The molecule has 3 rings (SSSR count). The summed E-state index contributed by atoms with van der Waals surface area (Å²) < 4.78 is 5.72. The van der Waals surface area contributed by atoms with Crippen LogP contribution in [-0.4, -0.2) is 41.9 Å². The molecule has 1 aromatic carbocycles. The van der Waals surface area contributed by atoms with E-state index in [4.69, 9.17) is 10.1 Å². The Kier molecular flexibility index (Phi) is 7.64. The number of ether oxygens (including phenoxy) is 1. The van der Waals surface area contributed by atoms with Gasteiger partial charge in [0.05, 0.1) is 36.0 Å². The van der Waals surface area contributed by atoms with Crippen molar-refractivity contribution in [2.24, 2.45) is 0 Å². The lowest BCUT2D eigenvalue weighted by Crippen LogP contribution is -2.25. The molecule has 1 heterocycles. The van der Waals surface area contributed by atoms with Gasteiger partial charge < -0.3 is 26.1 Å². The largest absolute Gasteiger partial charge is 0.381 e. The van der Waals surface area contributed by atoms with Crippen LogP contribution in [0.25, 0.3) is 5.57 Å². The summed E-state index contributed by atoms with van der Waals surface area (Å²) in [4.78, 5) is 16.7. The third kappa shape index (κ3) is 7.20. The predicted octanol–water partition coefficient (Wildman–Crippen LogP) is 4.61. The van der Waals surface area contributed by atoms with Gasteiger partial charge in [-0.3, -0.25) is 9.78 Å².